The lowest BCUT2D eigenvalue weighted by Crippen LogP contribution is -1.98. The van der Waals surface area contributed by atoms with Crippen LogP contribution in [0.25, 0.3) is 0 Å². The molecular formula is C14H13N3O2. The predicted octanol–water partition coefficient (Wildman–Crippen LogP) is 1.86. The van der Waals surface area contributed by atoms with Crippen LogP contribution in [0.15, 0.2) is 36.5 Å². The number of nitrogen functional groups attached to an aromatic ring is 1. The van der Waals surface area contributed by atoms with Crippen molar-refractivity contribution in [1.82, 2.24) is 4.98 Å². The average molecular weight is 255 g/mol. The van der Waals surface area contributed by atoms with Crippen LogP contribution in [-0.2, 0) is 6.42 Å². The molecule has 19 heavy (non-hydrogen) atoms. The van der Waals surface area contributed by atoms with Gasteiger partial charge in [-0.1, -0.05) is 18.2 Å². The van der Waals surface area contributed by atoms with Gasteiger partial charge in [0, 0.05) is 6.61 Å². The Hall–Kier alpha value is -2.58. The molecule has 0 saturated heterocycles. The minimum atomic E-state index is 0.0284. The van der Waals surface area contributed by atoms with E-state index in [1.54, 1.807) is 6.07 Å². The van der Waals surface area contributed by atoms with Crippen molar-refractivity contribution in [2.24, 2.45) is 0 Å². The highest BCUT2D eigenvalue weighted by Crippen LogP contribution is 2.27. The van der Waals surface area contributed by atoms with Crippen molar-refractivity contribution in [2.45, 2.75) is 6.42 Å². The number of para-hydroxylation sites is 1. The summed E-state index contributed by atoms with van der Waals surface area (Å²) in [5.41, 5.74) is 7.11. The van der Waals surface area contributed by atoms with Crippen LogP contribution in [0.3, 0.4) is 0 Å². The van der Waals surface area contributed by atoms with E-state index in [-0.39, 0.29) is 18.1 Å². The number of nitriles is 1. The van der Waals surface area contributed by atoms with E-state index in [9.17, 15) is 0 Å². The maximum absolute atomic E-state index is 9.03. The zero-order chi connectivity index (χ0) is 13.7. The highest BCUT2D eigenvalue weighted by molar-refractivity contribution is 5.50. The molecule has 0 amide bonds. The molecule has 2 aromatic rings. The number of aliphatic hydroxyl groups is 1. The first-order valence-electron chi connectivity index (χ1n) is 5.77. The smallest absolute Gasteiger partial charge is 0.237 e. The maximum atomic E-state index is 9.03. The third kappa shape index (κ3) is 3.00. The Bertz CT molecular complexity index is 620. The fraction of sp³-hybridized carbons (Fsp3) is 0.143. The quantitative estimate of drug-likeness (QED) is 0.869. The number of pyridine rings is 1. The Balaban J connectivity index is 2.34. The van der Waals surface area contributed by atoms with Gasteiger partial charge in [-0.25, -0.2) is 4.98 Å². The zero-order valence-corrected chi connectivity index (χ0v) is 10.2. The van der Waals surface area contributed by atoms with Gasteiger partial charge in [-0.15, -0.1) is 0 Å². The number of anilines is 1. The largest absolute Gasteiger partial charge is 0.437 e. The lowest BCUT2D eigenvalue weighted by molar-refractivity contribution is 0.297. The van der Waals surface area contributed by atoms with Gasteiger partial charge >= 0.3 is 0 Å². The summed E-state index contributed by atoms with van der Waals surface area (Å²) in [6.07, 6.45) is 1.91. The second kappa shape index (κ2) is 5.85. The van der Waals surface area contributed by atoms with Crippen LogP contribution < -0.4 is 10.5 Å². The second-order valence-corrected chi connectivity index (χ2v) is 3.92. The Labute approximate surface area is 110 Å². The maximum Gasteiger partial charge on any atom is 0.237 e. The highest BCUT2D eigenvalue weighted by Gasteiger charge is 2.09. The van der Waals surface area contributed by atoms with E-state index < -0.39 is 0 Å². The van der Waals surface area contributed by atoms with E-state index >= 15 is 0 Å². The predicted molar refractivity (Wildman–Crippen MR) is 70.7 cm³/mol. The third-order valence-corrected chi connectivity index (χ3v) is 2.55. The van der Waals surface area contributed by atoms with Gasteiger partial charge in [0.15, 0.2) is 0 Å². The zero-order valence-electron chi connectivity index (χ0n) is 10.2. The van der Waals surface area contributed by atoms with E-state index in [1.165, 1.54) is 12.3 Å². The van der Waals surface area contributed by atoms with Crippen LogP contribution >= 0.6 is 0 Å². The van der Waals surface area contributed by atoms with Gasteiger partial charge in [-0.3, -0.25) is 0 Å². The molecule has 0 radical (unpaired) electrons. The monoisotopic (exact) mass is 255 g/mol. The summed E-state index contributed by atoms with van der Waals surface area (Å²) in [6, 6.07) is 10.8. The normalized spacial score (nSPS) is 9.89. The number of nitrogens with two attached hydrogens (primary N) is 1. The fourth-order valence-corrected chi connectivity index (χ4v) is 1.66. The Morgan fingerprint density at radius 2 is 2.16 bits per heavy atom. The standard InChI is InChI=1S/C14H13N3O2/c15-8-11-7-12(16)9-17-14(11)19-13-4-2-1-3-10(13)5-6-18/h1-4,7,9,18H,5-6,16H2. The van der Waals surface area contributed by atoms with Crippen molar-refractivity contribution in [2.75, 3.05) is 12.3 Å². The number of ether oxygens (including phenoxy) is 1. The van der Waals surface area contributed by atoms with Crippen LogP contribution in [0, 0.1) is 11.3 Å². The molecule has 96 valence electrons. The summed E-state index contributed by atoms with van der Waals surface area (Å²) in [5.74, 6) is 0.785. The van der Waals surface area contributed by atoms with Gasteiger partial charge in [-0.05, 0) is 24.1 Å². The van der Waals surface area contributed by atoms with Crippen molar-refractivity contribution in [3.8, 4) is 17.7 Å². The minimum absolute atomic E-state index is 0.0284. The molecule has 5 nitrogen and oxygen atoms in total. The van der Waals surface area contributed by atoms with Gasteiger partial charge < -0.3 is 15.6 Å². The molecule has 0 unspecified atom stereocenters. The molecule has 0 aliphatic rings. The number of benzene rings is 1. The number of hydrogen-bond donors (Lipinski definition) is 2. The van der Waals surface area contributed by atoms with E-state index in [2.05, 4.69) is 4.98 Å². The van der Waals surface area contributed by atoms with E-state index in [4.69, 9.17) is 20.8 Å². The van der Waals surface area contributed by atoms with E-state index in [0.29, 0.717) is 17.9 Å². The molecule has 2 rings (SSSR count). The SMILES string of the molecule is N#Cc1cc(N)cnc1Oc1ccccc1CCO. The third-order valence-electron chi connectivity index (χ3n) is 2.55. The molecular weight excluding hydrogens is 242 g/mol. The molecule has 1 aromatic carbocycles. The molecule has 5 heteroatoms. The molecule has 0 saturated carbocycles. The number of hydrogen-bond acceptors (Lipinski definition) is 5. The summed E-state index contributed by atoms with van der Waals surface area (Å²) in [7, 11) is 0. The molecule has 0 atom stereocenters. The molecule has 0 spiro atoms. The van der Waals surface area contributed by atoms with Crippen molar-refractivity contribution < 1.29 is 9.84 Å². The average Bonchev–Trinajstić information content (AvgIpc) is 2.43. The summed E-state index contributed by atoms with van der Waals surface area (Å²) in [6.45, 7) is 0.0284. The second-order valence-electron chi connectivity index (χ2n) is 3.92. The number of nitrogens with zero attached hydrogens (tertiary/aromatic N) is 2. The van der Waals surface area contributed by atoms with Crippen molar-refractivity contribution in [1.29, 1.82) is 5.26 Å². The molecule has 0 fully saturated rings. The number of aromatic nitrogens is 1. The van der Waals surface area contributed by atoms with Gasteiger partial charge in [0.25, 0.3) is 0 Å². The summed E-state index contributed by atoms with van der Waals surface area (Å²) >= 11 is 0. The first-order chi connectivity index (χ1) is 9.24. The lowest BCUT2D eigenvalue weighted by atomic mass is 10.1. The molecule has 1 heterocycles. The lowest BCUT2D eigenvalue weighted by Gasteiger charge is -2.10. The molecule has 0 aliphatic heterocycles. The van der Waals surface area contributed by atoms with E-state index in [1.807, 2.05) is 24.3 Å². The highest BCUT2D eigenvalue weighted by atomic mass is 16.5. The Morgan fingerprint density at radius 1 is 1.37 bits per heavy atom. The van der Waals surface area contributed by atoms with E-state index in [0.717, 1.165) is 5.56 Å². The van der Waals surface area contributed by atoms with Crippen LogP contribution in [0.1, 0.15) is 11.1 Å². The topological polar surface area (TPSA) is 92.2 Å². The van der Waals surface area contributed by atoms with Crippen molar-refractivity contribution in [3.05, 3.63) is 47.7 Å². The van der Waals surface area contributed by atoms with Gasteiger partial charge in [0.05, 0.1) is 11.9 Å². The van der Waals surface area contributed by atoms with Crippen LogP contribution in [-0.4, -0.2) is 16.7 Å². The Morgan fingerprint density at radius 3 is 2.89 bits per heavy atom. The number of rotatable bonds is 4. The molecule has 3 N–H and O–H groups in total. The first-order valence-corrected chi connectivity index (χ1v) is 5.77. The molecule has 1 aromatic heterocycles. The first kappa shape index (κ1) is 12.9. The van der Waals surface area contributed by atoms with Crippen molar-refractivity contribution in [3.63, 3.8) is 0 Å². The fourth-order valence-electron chi connectivity index (χ4n) is 1.66. The van der Waals surface area contributed by atoms with Crippen molar-refractivity contribution >= 4 is 5.69 Å². The van der Waals surface area contributed by atoms with Crippen LogP contribution in [0.4, 0.5) is 5.69 Å². The number of aliphatic hydroxyl groups excluding tert-OH is 1. The van der Waals surface area contributed by atoms with Gasteiger partial charge in [0.1, 0.15) is 17.4 Å². The van der Waals surface area contributed by atoms with Crippen LogP contribution in [0.2, 0.25) is 0 Å². The summed E-state index contributed by atoms with van der Waals surface area (Å²) in [5, 5.41) is 18.0. The summed E-state index contributed by atoms with van der Waals surface area (Å²) < 4.78 is 5.64. The minimum Gasteiger partial charge on any atom is -0.437 e. The molecule has 0 aliphatic carbocycles. The summed E-state index contributed by atoms with van der Waals surface area (Å²) in [4.78, 5) is 4.01. The van der Waals surface area contributed by atoms with Gasteiger partial charge in [-0.2, -0.15) is 5.26 Å². The van der Waals surface area contributed by atoms with Crippen LogP contribution in [0.5, 0.6) is 11.6 Å². The Kier molecular flexibility index (Phi) is 3.96. The molecule has 0 bridgehead atoms. The van der Waals surface area contributed by atoms with Gasteiger partial charge in [0.2, 0.25) is 5.88 Å².